The minimum atomic E-state index is -0.684. The number of benzene rings is 1. The maximum absolute atomic E-state index is 12.7. The zero-order chi connectivity index (χ0) is 16.3. The summed E-state index contributed by atoms with van der Waals surface area (Å²) in [5, 5.41) is 13.5. The van der Waals surface area contributed by atoms with E-state index in [2.05, 4.69) is 11.4 Å². The van der Waals surface area contributed by atoms with Gasteiger partial charge in [-0.25, -0.2) is 0 Å². The van der Waals surface area contributed by atoms with Gasteiger partial charge in [-0.05, 0) is 37.3 Å². The Kier molecular flexibility index (Phi) is 4.91. The van der Waals surface area contributed by atoms with Crippen LogP contribution in [0.1, 0.15) is 33.6 Å². The number of anilines is 1. The quantitative estimate of drug-likeness (QED) is 0.842. The third-order valence-corrected chi connectivity index (χ3v) is 4.40. The summed E-state index contributed by atoms with van der Waals surface area (Å²) in [5.74, 6) is -0.0103. The first-order valence-electron chi connectivity index (χ1n) is 7.63. The molecule has 1 aromatic carbocycles. The standard InChI is InChI=1S/C18H25NO3/c1-12-9-10-18(2,3)16(20)13(11-12)17(21)19-14-7-5-6-8-15(14)22-4/h5-9,13,16,20H,10-11H2,1-4H3,(H,19,21)/t13-,16?/m0/s1. The normalized spacial score (nSPS) is 24.1. The Labute approximate surface area is 132 Å². The second-order valence-electron chi connectivity index (χ2n) is 6.69. The van der Waals surface area contributed by atoms with E-state index in [1.54, 1.807) is 19.2 Å². The van der Waals surface area contributed by atoms with E-state index in [-0.39, 0.29) is 11.3 Å². The molecule has 22 heavy (non-hydrogen) atoms. The summed E-state index contributed by atoms with van der Waals surface area (Å²) in [7, 11) is 1.57. The van der Waals surface area contributed by atoms with Gasteiger partial charge < -0.3 is 15.2 Å². The third-order valence-electron chi connectivity index (χ3n) is 4.40. The minimum absolute atomic E-state index is 0.167. The zero-order valence-electron chi connectivity index (χ0n) is 13.7. The molecule has 1 amide bonds. The van der Waals surface area contributed by atoms with E-state index >= 15 is 0 Å². The molecule has 120 valence electrons. The highest BCUT2D eigenvalue weighted by Gasteiger charge is 2.39. The molecule has 0 bridgehead atoms. The topological polar surface area (TPSA) is 58.6 Å². The van der Waals surface area contributed by atoms with E-state index in [9.17, 15) is 9.90 Å². The van der Waals surface area contributed by atoms with Crippen LogP contribution in [0.2, 0.25) is 0 Å². The Morgan fingerprint density at radius 1 is 1.36 bits per heavy atom. The fourth-order valence-corrected chi connectivity index (χ4v) is 2.85. The van der Waals surface area contributed by atoms with Crippen LogP contribution >= 0.6 is 0 Å². The summed E-state index contributed by atoms with van der Waals surface area (Å²) < 4.78 is 5.26. The highest BCUT2D eigenvalue weighted by atomic mass is 16.5. The van der Waals surface area contributed by atoms with Gasteiger partial charge >= 0.3 is 0 Å². The highest BCUT2D eigenvalue weighted by molar-refractivity contribution is 5.94. The molecule has 4 heteroatoms. The number of hydrogen-bond donors (Lipinski definition) is 2. The number of aliphatic hydroxyl groups excluding tert-OH is 1. The number of carbonyl (C=O) groups is 1. The maximum atomic E-state index is 12.7. The molecule has 0 saturated carbocycles. The number of methoxy groups -OCH3 is 1. The van der Waals surface area contributed by atoms with Crippen molar-refractivity contribution in [3.8, 4) is 5.75 Å². The second kappa shape index (κ2) is 6.53. The summed E-state index contributed by atoms with van der Waals surface area (Å²) in [6, 6.07) is 7.30. The van der Waals surface area contributed by atoms with E-state index in [4.69, 9.17) is 4.74 Å². The van der Waals surface area contributed by atoms with Crippen LogP contribution in [0.15, 0.2) is 35.9 Å². The number of aliphatic hydroxyl groups is 1. The molecule has 0 heterocycles. The average molecular weight is 303 g/mol. The minimum Gasteiger partial charge on any atom is -0.495 e. The Bertz CT molecular complexity index is 577. The molecule has 1 aromatic rings. The van der Waals surface area contributed by atoms with Crippen molar-refractivity contribution >= 4 is 11.6 Å². The van der Waals surface area contributed by atoms with Crippen LogP contribution in [-0.2, 0) is 4.79 Å². The lowest BCUT2D eigenvalue weighted by Gasteiger charge is -2.33. The summed E-state index contributed by atoms with van der Waals surface area (Å²) in [6.07, 6.45) is 2.79. The van der Waals surface area contributed by atoms with Crippen LogP contribution < -0.4 is 10.1 Å². The van der Waals surface area contributed by atoms with Crippen molar-refractivity contribution in [3.05, 3.63) is 35.9 Å². The molecule has 2 atom stereocenters. The number of carbonyl (C=O) groups excluding carboxylic acids is 1. The largest absolute Gasteiger partial charge is 0.495 e. The zero-order valence-corrected chi connectivity index (χ0v) is 13.7. The number of hydrogen-bond acceptors (Lipinski definition) is 3. The first-order valence-corrected chi connectivity index (χ1v) is 7.63. The van der Waals surface area contributed by atoms with Crippen molar-refractivity contribution in [2.45, 2.75) is 39.7 Å². The molecule has 0 fully saturated rings. The van der Waals surface area contributed by atoms with Gasteiger partial charge in [-0.15, -0.1) is 0 Å². The molecule has 0 spiro atoms. The lowest BCUT2D eigenvalue weighted by Crippen LogP contribution is -2.41. The number of amides is 1. The molecule has 2 rings (SSSR count). The van der Waals surface area contributed by atoms with Gasteiger partial charge in [0.2, 0.25) is 5.91 Å². The van der Waals surface area contributed by atoms with Crippen LogP contribution in [0, 0.1) is 11.3 Å². The fourth-order valence-electron chi connectivity index (χ4n) is 2.85. The second-order valence-corrected chi connectivity index (χ2v) is 6.69. The molecule has 0 saturated heterocycles. The van der Waals surface area contributed by atoms with Gasteiger partial charge in [0.25, 0.3) is 0 Å². The molecule has 0 aliphatic heterocycles. The summed E-state index contributed by atoms with van der Waals surface area (Å²) in [6.45, 7) is 6.00. The van der Waals surface area contributed by atoms with E-state index in [0.29, 0.717) is 17.9 Å². The molecule has 0 radical (unpaired) electrons. The number of para-hydroxylation sites is 2. The third kappa shape index (κ3) is 3.50. The average Bonchev–Trinajstić information content (AvgIpc) is 2.59. The predicted octanol–water partition coefficient (Wildman–Crippen LogP) is 3.38. The van der Waals surface area contributed by atoms with Crippen molar-refractivity contribution < 1.29 is 14.6 Å². The van der Waals surface area contributed by atoms with Crippen molar-refractivity contribution in [2.24, 2.45) is 11.3 Å². The van der Waals surface area contributed by atoms with E-state index in [1.807, 2.05) is 32.9 Å². The monoisotopic (exact) mass is 303 g/mol. The van der Waals surface area contributed by atoms with Crippen molar-refractivity contribution in [3.63, 3.8) is 0 Å². The van der Waals surface area contributed by atoms with Crippen molar-refractivity contribution in [1.29, 1.82) is 0 Å². The summed E-state index contributed by atoms with van der Waals surface area (Å²) >= 11 is 0. The van der Waals surface area contributed by atoms with E-state index in [1.165, 1.54) is 0 Å². The molecule has 1 aliphatic rings. The Morgan fingerprint density at radius 3 is 2.73 bits per heavy atom. The van der Waals surface area contributed by atoms with E-state index in [0.717, 1.165) is 12.0 Å². The Hall–Kier alpha value is -1.81. The number of nitrogens with one attached hydrogen (secondary N) is 1. The van der Waals surface area contributed by atoms with Gasteiger partial charge in [0, 0.05) is 0 Å². The molecule has 1 aliphatic carbocycles. The Morgan fingerprint density at radius 2 is 2.05 bits per heavy atom. The molecular formula is C18H25NO3. The number of ether oxygens (including phenoxy) is 1. The first-order chi connectivity index (χ1) is 10.3. The SMILES string of the molecule is COc1ccccc1NC(=O)[C@H]1CC(C)=CCC(C)(C)C1O. The van der Waals surface area contributed by atoms with Gasteiger partial charge in [-0.2, -0.15) is 0 Å². The lowest BCUT2D eigenvalue weighted by atomic mass is 9.77. The highest BCUT2D eigenvalue weighted by Crippen LogP contribution is 2.37. The smallest absolute Gasteiger partial charge is 0.230 e. The fraction of sp³-hybridized carbons (Fsp3) is 0.500. The van der Waals surface area contributed by atoms with Gasteiger partial charge in [-0.3, -0.25) is 4.79 Å². The first kappa shape index (κ1) is 16.6. The van der Waals surface area contributed by atoms with Crippen LogP contribution in [0.3, 0.4) is 0 Å². The van der Waals surface area contributed by atoms with Gasteiger partial charge in [0.1, 0.15) is 5.75 Å². The summed E-state index contributed by atoms with van der Waals surface area (Å²) in [5.41, 5.74) is 1.45. The maximum Gasteiger partial charge on any atom is 0.230 e. The van der Waals surface area contributed by atoms with Gasteiger partial charge in [-0.1, -0.05) is 37.6 Å². The Balaban J connectivity index is 2.22. The number of rotatable bonds is 3. The molecule has 1 unspecified atom stereocenters. The van der Waals surface area contributed by atoms with Crippen LogP contribution in [0.5, 0.6) is 5.75 Å². The predicted molar refractivity (Wildman–Crippen MR) is 87.9 cm³/mol. The van der Waals surface area contributed by atoms with Gasteiger partial charge in [0.05, 0.1) is 24.8 Å². The van der Waals surface area contributed by atoms with E-state index < -0.39 is 12.0 Å². The molecule has 0 aromatic heterocycles. The molecule has 4 nitrogen and oxygen atoms in total. The molecular weight excluding hydrogens is 278 g/mol. The van der Waals surface area contributed by atoms with Gasteiger partial charge in [0.15, 0.2) is 0 Å². The number of allylic oxidation sites excluding steroid dienone is 2. The lowest BCUT2D eigenvalue weighted by molar-refractivity contribution is -0.126. The summed E-state index contributed by atoms with van der Waals surface area (Å²) in [4.78, 5) is 12.7. The van der Waals surface area contributed by atoms with Crippen molar-refractivity contribution in [1.82, 2.24) is 0 Å². The van der Waals surface area contributed by atoms with Crippen LogP contribution in [0.4, 0.5) is 5.69 Å². The van der Waals surface area contributed by atoms with Crippen LogP contribution in [-0.4, -0.2) is 24.2 Å². The molecule has 2 N–H and O–H groups in total. The van der Waals surface area contributed by atoms with Crippen LogP contribution in [0.25, 0.3) is 0 Å². The van der Waals surface area contributed by atoms with Crippen molar-refractivity contribution in [2.75, 3.05) is 12.4 Å².